The van der Waals surface area contributed by atoms with Gasteiger partial charge in [0.2, 0.25) is 11.4 Å². The predicted octanol–water partition coefficient (Wildman–Crippen LogP) is 5.16. The predicted molar refractivity (Wildman–Crippen MR) is 141 cm³/mol. The minimum Gasteiger partial charge on any atom is -0.419 e. The van der Waals surface area contributed by atoms with Crippen LogP contribution in [-0.4, -0.2) is 36.8 Å². The number of nitrogens with one attached hydrogen (secondary N) is 1. The highest BCUT2D eigenvalue weighted by Gasteiger charge is 2.30. The maximum atomic E-state index is 13.0. The molecule has 0 aliphatic carbocycles. The van der Waals surface area contributed by atoms with E-state index in [1.807, 2.05) is 24.3 Å². The Labute approximate surface area is 220 Å². The first kappa shape index (κ1) is 24.8. The molecule has 0 amide bonds. The molecular weight excluding hydrogens is 543 g/mol. The topological polar surface area (TPSA) is 117 Å². The normalized spacial score (nSPS) is 16.2. The lowest BCUT2D eigenvalue weighted by molar-refractivity contribution is 0.291. The van der Waals surface area contributed by atoms with Gasteiger partial charge in [-0.1, -0.05) is 47.1 Å². The number of hydrogen-bond acceptors (Lipinski definition) is 8. The van der Waals surface area contributed by atoms with Crippen molar-refractivity contribution in [3.05, 3.63) is 76.3 Å². The van der Waals surface area contributed by atoms with Crippen LogP contribution in [0.1, 0.15) is 6.42 Å². The van der Waals surface area contributed by atoms with Gasteiger partial charge in [-0.2, -0.15) is 0 Å². The smallest absolute Gasteiger partial charge is 0.264 e. The Balaban J connectivity index is 1.65. The third-order valence-electron chi connectivity index (χ3n) is 5.16. The molecule has 0 fully saturated rings. The van der Waals surface area contributed by atoms with E-state index in [-0.39, 0.29) is 27.6 Å². The van der Waals surface area contributed by atoms with Gasteiger partial charge in [-0.25, -0.2) is 18.4 Å². The van der Waals surface area contributed by atoms with Crippen LogP contribution in [0.4, 0.5) is 5.69 Å². The van der Waals surface area contributed by atoms with Crippen LogP contribution >= 0.6 is 35.0 Å². The lowest BCUT2D eigenvalue weighted by Crippen LogP contribution is -2.32. The number of halogens is 2. The van der Waals surface area contributed by atoms with Gasteiger partial charge in [0.25, 0.3) is 10.0 Å². The highest BCUT2D eigenvalue weighted by atomic mass is 35.5. The van der Waals surface area contributed by atoms with Crippen LogP contribution < -0.4 is 10.3 Å². The Morgan fingerprint density at radius 1 is 1.08 bits per heavy atom. The molecule has 0 saturated carbocycles. The summed E-state index contributed by atoms with van der Waals surface area (Å²) in [5.74, 6) is 0.122. The molecule has 0 radical (unpaired) electrons. The van der Waals surface area contributed by atoms with Crippen LogP contribution in [0.2, 0.25) is 10.0 Å². The molecule has 1 aliphatic heterocycles. The number of sulfonamides is 1. The third-order valence-corrected chi connectivity index (χ3v) is 8.34. The average molecular weight is 561 g/mol. The Hall–Kier alpha value is -2.89. The molecule has 8 nitrogen and oxygen atoms in total. The number of aliphatic hydroxyl groups is 1. The molecule has 5 rings (SSSR count). The van der Waals surface area contributed by atoms with Gasteiger partial charge in [-0.15, -0.1) is 0 Å². The second-order valence-corrected chi connectivity index (χ2v) is 11.2. The summed E-state index contributed by atoms with van der Waals surface area (Å²) in [5, 5.41) is 10.7. The monoisotopic (exact) mass is 560 g/mol. The minimum atomic E-state index is -3.91. The first-order valence-electron chi connectivity index (χ1n) is 10.7. The lowest BCUT2D eigenvalue weighted by atomic mass is 10.2. The molecule has 1 aromatic heterocycles. The van der Waals surface area contributed by atoms with Gasteiger partial charge in [0.1, 0.15) is 4.90 Å². The maximum Gasteiger partial charge on any atom is 0.264 e. The number of fused-ring (bicyclic) bond motifs is 2. The Morgan fingerprint density at radius 2 is 1.86 bits per heavy atom. The van der Waals surface area contributed by atoms with E-state index in [0.29, 0.717) is 50.6 Å². The van der Waals surface area contributed by atoms with Crippen molar-refractivity contribution >= 4 is 66.7 Å². The standard InChI is InChI=1S/C24H18Cl2N4O4S2/c25-14-6-8-15(9-7-14)28-22-16-4-1-2-5-19(16)29-23(34-22)17-12-21-20(13-18(17)26)35-24(27-10-3-11-31)30-36(21,32)33/h1-2,4-9,12-13,31H,3,10-11H2,(H,27,30). The number of para-hydroxylation sites is 1. The first-order valence-corrected chi connectivity index (χ1v) is 13.8. The SMILES string of the molecule is O=S1(=O)NC(=NCCCO)Sc2cc(Cl)c(-c3nc4ccccc4c(=Nc4ccc(Cl)cc4)o3)cc21. The van der Waals surface area contributed by atoms with E-state index in [2.05, 4.69) is 19.7 Å². The average Bonchev–Trinajstić information content (AvgIpc) is 2.85. The maximum absolute atomic E-state index is 13.0. The Kier molecular flexibility index (Phi) is 7.05. The second kappa shape index (κ2) is 10.2. The molecule has 0 unspecified atom stereocenters. The van der Waals surface area contributed by atoms with Crippen molar-refractivity contribution in [3.8, 4) is 11.5 Å². The molecule has 1 aliphatic rings. The molecule has 4 aromatic rings. The van der Waals surface area contributed by atoms with Crippen LogP contribution in [0.15, 0.2) is 84.9 Å². The molecule has 12 heteroatoms. The zero-order valence-electron chi connectivity index (χ0n) is 18.5. The zero-order valence-corrected chi connectivity index (χ0v) is 21.6. The van der Waals surface area contributed by atoms with E-state index in [4.69, 9.17) is 32.7 Å². The van der Waals surface area contributed by atoms with Crippen molar-refractivity contribution in [3.63, 3.8) is 0 Å². The van der Waals surface area contributed by atoms with Crippen LogP contribution in [-0.2, 0) is 10.0 Å². The van der Waals surface area contributed by atoms with Crippen molar-refractivity contribution in [2.75, 3.05) is 13.2 Å². The summed E-state index contributed by atoms with van der Waals surface area (Å²) in [6.07, 6.45) is 0.427. The number of amidine groups is 1. The molecule has 2 N–H and O–H groups in total. The molecule has 0 atom stereocenters. The van der Waals surface area contributed by atoms with E-state index in [1.54, 1.807) is 30.3 Å². The number of aromatic nitrogens is 1. The number of hydrogen-bond donors (Lipinski definition) is 2. The summed E-state index contributed by atoms with van der Waals surface area (Å²) in [6.45, 7) is 0.261. The van der Waals surface area contributed by atoms with Gasteiger partial charge in [0.05, 0.1) is 27.2 Å². The Morgan fingerprint density at radius 3 is 2.64 bits per heavy atom. The largest absolute Gasteiger partial charge is 0.419 e. The molecule has 0 saturated heterocycles. The molecule has 184 valence electrons. The van der Waals surface area contributed by atoms with Crippen molar-refractivity contribution in [1.29, 1.82) is 0 Å². The van der Waals surface area contributed by atoms with E-state index in [9.17, 15) is 8.42 Å². The molecule has 0 spiro atoms. The summed E-state index contributed by atoms with van der Waals surface area (Å²) in [6, 6.07) is 17.3. The molecule has 2 heterocycles. The zero-order chi connectivity index (χ0) is 25.3. The summed E-state index contributed by atoms with van der Waals surface area (Å²) < 4.78 is 34.5. The number of aliphatic hydroxyl groups excluding tert-OH is 1. The third kappa shape index (κ3) is 5.14. The first-order chi connectivity index (χ1) is 17.3. The van der Waals surface area contributed by atoms with E-state index >= 15 is 0 Å². The van der Waals surface area contributed by atoms with Crippen LogP contribution in [0.25, 0.3) is 22.4 Å². The number of benzene rings is 3. The van der Waals surface area contributed by atoms with Crippen LogP contribution in [0.3, 0.4) is 0 Å². The minimum absolute atomic E-state index is 0.0332. The van der Waals surface area contributed by atoms with E-state index in [0.717, 1.165) is 11.8 Å². The summed E-state index contributed by atoms with van der Waals surface area (Å²) in [7, 11) is -3.91. The number of aliphatic imine (C=N–C) groups is 1. The van der Waals surface area contributed by atoms with Crippen LogP contribution in [0, 0.1) is 0 Å². The van der Waals surface area contributed by atoms with Gasteiger partial charge in [-0.05, 0) is 55.0 Å². The van der Waals surface area contributed by atoms with Gasteiger partial charge in [-0.3, -0.25) is 9.71 Å². The van der Waals surface area contributed by atoms with E-state index in [1.165, 1.54) is 6.07 Å². The van der Waals surface area contributed by atoms with Gasteiger partial charge in [0, 0.05) is 23.1 Å². The molecular formula is C24H18Cl2N4O4S2. The van der Waals surface area contributed by atoms with Gasteiger partial charge < -0.3 is 9.52 Å². The molecule has 0 bridgehead atoms. The van der Waals surface area contributed by atoms with Crippen molar-refractivity contribution in [2.24, 2.45) is 9.98 Å². The van der Waals surface area contributed by atoms with Crippen molar-refractivity contribution < 1.29 is 17.9 Å². The summed E-state index contributed by atoms with van der Waals surface area (Å²) in [5.41, 5.74) is 1.83. The highest BCUT2D eigenvalue weighted by molar-refractivity contribution is 8.16. The van der Waals surface area contributed by atoms with Gasteiger partial charge in [0.15, 0.2) is 5.17 Å². The quantitative estimate of drug-likeness (QED) is 0.325. The lowest BCUT2D eigenvalue weighted by Gasteiger charge is -2.20. The van der Waals surface area contributed by atoms with Gasteiger partial charge >= 0.3 is 0 Å². The highest BCUT2D eigenvalue weighted by Crippen LogP contribution is 2.39. The second-order valence-electron chi connectivity index (χ2n) is 7.68. The number of thioether (sulfide) groups is 1. The number of rotatable bonds is 5. The number of nitrogens with zero attached hydrogens (tertiary/aromatic N) is 3. The van der Waals surface area contributed by atoms with Crippen molar-refractivity contribution in [2.45, 2.75) is 16.2 Å². The summed E-state index contributed by atoms with van der Waals surface area (Å²) in [4.78, 5) is 13.9. The fraction of sp³-hybridized carbons (Fsp3) is 0.125. The fourth-order valence-electron chi connectivity index (χ4n) is 3.46. The Bertz CT molecular complexity index is 1670. The fourth-order valence-corrected chi connectivity index (χ4v) is 6.55. The van der Waals surface area contributed by atoms with E-state index < -0.39 is 10.0 Å². The molecule has 3 aromatic carbocycles. The molecule has 36 heavy (non-hydrogen) atoms. The van der Waals surface area contributed by atoms with Crippen LogP contribution in [0.5, 0.6) is 0 Å². The summed E-state index contributed by atoms with van der Waals surface area (Å²) >= 11 is 13.7. The van der Waals surface area contributed by atoms with Crippen molar-refractivity contribution in [1.82, 2.24) is 9.71 Å².